The lowest BCUT2D eigenvalue weighted by molar-refractivity contribution is -0.119. The first-order valence-electron chi connectivity index (χ1n) is 5.38. The Labute approximate surface area is 112 Å². The Morgan fingerprint density at radius 1 is 1.47 bits per heavy atom. The molecule has 3 amide bonds. The van der Waals surface area contributed by atoms with Crippen molar-refractivity contribution in [1.82, 2.24) is 10.3 Å². The van der Waals surface area contributed by atoms with Gasteiger partial charge < -0.3 is 15.9 Å². The van der Waals surface area contributed by atoms with Crippen LogP contribution in [0.3, 0.4) is 0 Å². The van der Waals surface area contributed by atoms with Crippen molar-refractivity contribution < 1.29 is 14.0 Å². The highest BCUT2D eigenvalue weighted by molar-refractivity contribution is 8.00. The maximum atomic E-state index is 11.5. The Hall–Kier alpha value is -2.22. The minimum atomic E-state index is -0.886. The number of aromatic nitrogens is 1. The largest absolute Gasteiger partial charge is 0.431 e. The summed E-state index contributed by atoms with van der Waals surface area (Å²) < 4.78 is 5.45. The van der Waals surface area contributed by atoms with Gasteiger partial charge in [-0.1, -0.05) is 11.8 Å². The lowest BCUT2D eigenvalue weighted by atomic mass is 10.3. The molecule has 1 heterocycles. The van der Waals surface area contributed by atoms with Gasteiger partial charge in [0.2, 0.25) is 5.91 Å². The van der Waals surface area contributed by atoms with Gasteiger partial charge in [-0.2, -0.15) is 0 Å². The summed E-state index contributed by atoms with van der Waals surface area (Å²) >= 11 is 1.09. The van der Waals surface area contributed by atoms with Crippen LogP contribution in [0.25, 0.3) is 11.1 Å². The van der Waals surface area contributed by atoms with E-state index in [1.54, 1.807) is 25.1 Å². The van der Waals surface area contributed by atoms with Crippen LogP contribution in [0.1, 0.15) is 6.92 Å². The van der Waals surface area contributed by atoms with Crippen molar-refractivity contribution in [2.75, 3.05) is 5.73 Å². The van der Waals surface area contributed by atoms with E-state index in [-0.39, 0.29) is 0 Å². The first kappa shape index (κ1) is 13.2. The molecule has 8 heteroatoms. The summed E-state index contributed by atoms with van der Waals surface area (Å²) in [5.41, 5.74) is 12.3. The van der Waals surface area contributed by atoms with Crippen LogP contribution in [0.15, 0.2) is 27.8 Å². The zero-order valence-corrected chi connectivity index (χ0v) is 10.9. The summed E-state index contributed by atoms with van der Waals surface area (Å²) in [5.74, 6) is -0.501. The molecular formula is C11H12N4O3S. The molecule has 1 aromatic heterocycles. The highest BCUT2D eigenvalue weighted by atomic mass is 32.2. The van der Waals surface area contributed by atoms with E-state index in [0.29, 0.717) is 22.0 Å². The molecule has 0 spiro atoms. The smallest absolute Gasteiger partial charge is 0.318 e. The number of urea groups is 1. The molecule has 0 saturated carbocycles. The highest BCUT2D eigenvalue weighted by Crippen LogP contribution is 2.27. The number of nitrogen functional groups attached to an aromatic ring is 1. The van der Waals surface area contributed by atoms with Crippen molar-refractivity contribution >= 4 is 40.5 Å². The molecule has 7 nitrogen and oxygen atoms in total. The number of carbonyl (C=O) groups excluding carboxylic acids is 2. The molecule has 0 fully saturated rings. The second kappa shape index (κ2) is 5.19. The van der Waals surface area contributed by atoms with Gasteiger partial charge in [0.25, 0.3) is 5.22 Å². The van der Waals surface area contributed by atoms with Crippen molar-refractivity contribution in [2.45, 2.75) is 17.4 Å². The van der Waals surface area contributed by atoms with Gasteiger partial charge in [-0.25, -0.2) is 9.78 Å². The maximum absolute atomic E-state index is 11.5. The predicted octanol–water partition coefficient (Wildman–Crippen LogP) is 1.09. The van der Waals surface area contributed by atoms with E-state index >= 15 is 0 Å². The van der Waals surface area contributed by atoms with Gasteiger partial charge in [0.05, 0.1) is 5.25 Å². The third kappa shape index (κ3) is 3.16. The number of oxazole rings is 1. The lowest BCUT2D eigenvalue weighted by Gasteiger charge is -2.06. The van der Waals surface area contributed by atoms with Gasteiger partial charge in [-0.15, -0.1) is 0 Å². The molecule has 0 aliphatic carbocycles. The van der Waals surface area contributed by atoms with Gasteiger partial charge in [0.15, 0.2) is 5.58 Å². The number of anilines is 1. The Morgan fingerprint density at radius 2 is 2.21 bits per heavy atom. The zero-order chi connectivity index (χ0) is 14.0. The Kier molecular flexibility index (Phi) is 3.61. The van der Waals surface area contributed by atoms with E-state index in [0.717, 1.165) is 11.8 Å². The third-order valence-electron chi connectivity index (χ3n) is 2.29. The molecule has 5 N–H and O–H groups in total. The van der Waals surface area contributed by atoms with Crippen molar-refractivity contribution in [3.05, 3.63) is 18.2 Å². The van der Waals surface area contributed by atoms with Crippen LogP contribution in [0.5, 0.6) is 0 Å². The summed E-state index contributed by atoms with van der Waals surface area (Å²) in [6, 6.07) is 4.20. The van der Waals surface area contributed by atoms with E-state index in [4.69, 9.17) is 15.9 Å². The number of hydrogen-bond acceptors (Lipinski definition) is 6. The fraction of sp³-hybridized carbons (Fsp3) is 0.182. The molecule has 1 aromatic carbocycles. The van der Waals surface area contributed by atoms with Crippen LogP contribution >= 0.6 is 11.8 Å². The summed E-state index contributed by atoms with van der Waals surface area (Å²) in [5, 5.41) is 1.76. The number of imide groups is 1. The van der Waals surface area contributed by atoms with Crippen LogP contribution in [-0.4, -0.2) is 22.2 Å². The summed E-state index contributed by atoms with van der Waals surface area (Å²) in [6.45, 7) is 1.62. The van der Waals surface area contributed by atoms with Gasteiger partial charge in [0, 0.05) is 5.69 Å². The van der Waals surface area contributed by atoms with E-state index in [2.05, 4.69) is 4.98 Å². The standard InChI is InChI=1S/C11H12N4O3S/c1-5(9(16)15-10(13)17)19-11-14-7-4-6(12)2-3-8(7)18-11/h2-5H,12H2,1H3,(H3,13,15,16,17). The maximum Gasteiger partial charge on any atom is 0.318 e. The van der Waals surface area contributed by atoms with Crippen molar-refractivity contribution in [1.29, 1.82) is 0 Å². The number of amides is 3. The topological polar surface area (TPSA) is 124 Å². The minimum Gasteiger partial charge on any atom is -0.431 e. The van der Waals surface area contributed by atoms with Crippen LogP contribution in [0.2, 0.25) is 0 Å². The summed E-state index contributed by atoms with van der Waals surface area (Å²) in [6.07, 6.45) is 0. The number of primary amides is 1. The normalized spacial score (nSPS) is 12.3. The molecule has 1 atom stereocenters. The van der Waals surface area contributed by atoms with Gasteiger partial charge in [-0.05, 0) is 25.1 Å². The van der Waals surface area contributed by atoms with Crippen molar-refractivity contribution in [3.8, 4) is 0 Å². The first-order chi connectivity index (χ1) is 8.95. The number of fused-ring (bicyclic) bond motifs is 1. The van der Waals surface area contributed by atoms with E-state index < -0.39 is 17.2 Å². The zero-order valence-electron chi connectivity index (χ0n) is 10.0. The number of nitrogens with one attached hydrogen (secondary N) is 1. The number of nitrogens with zero attached hydrogens (tertiary/aromatic N) is 1. The second-order valence-electron chi connectivity index (χ2n) is 3.82. The summed E-state index contributed by atoms with van der Waals surface area (Å²) in [7, 11) is 0. The van der Waals surface area contributed by atoms with E-state index in [1.165, 1.54) is 0 Å². The molecule has 2 rings (SSSR count). The lowest BCUT2D eigenvalue weighted by Crippen LogP contribution is -2.39. The van der Waals surface area contributed by atoms with Crippen LogP contribution in [0, 0.1) is 0 Å². The molecule has 0 radical (unpaired) electrons. The fourth-order valence-electron chi connectivity index (χ4n) is 1.40. The number of carbonyl (C=O) groups is 2. The first-order valence-corrected chi connectivity index (χ1v) is 6.26. The number of benzene rings is 1. The molecule has 100 valence electrons. The van der Waals surface area contributed by atoms with E-state index in [1.807, 2.05) is 5.32 Å². The molecule has 0 bridgehead atoms. The molecule has 0 aliphatic heterocycles. The average molecular weight is 280 g/mol. The number of thioether (sulfide) groups is 1. The second-order valence-corrected chi connectivity index (χ2v) is 5.11. The fourth-order valence-corrected chi connectivity index (χ4v) is 2.16. The molecule has 0 aliphatic rings. The Morgan fingerprint density at radius 3 is 2.89 bits per heavy atom. The van der Waals surface area contributed by atoms with Crippen molar-refractivity contribution in [3.63, 3.8) is 0 Å². The number of nitrogens with two attached hydrogens (primary N) is 2. The molecule has 0 saturated heterocycles. The van der Waals surface area contributed by atoms with Crippen LogP contribution in [0.4, 0.5) is 10.5 Å². The van der Waals surface area contributed by atoms with Crippen LogP contribution < -0.4 is 16.8 Å². The summed E-state index contributed by atoms with van der Waals surface area (Å²) in [4.78, 5) is 26.3. The molecule has 2 aromatic rings. The van der Waals surface area contributed by atoms with Crippen molar-refractivity contribution in [2.24, 2.45) is 5.73 Å². The Balaban J connectivity index is 2.12. The molecule has 19 heavy (non-hydrogen) atoms. The Bertz CT molecular complexity index is 640. The minimum absolute atomic E-state index is 0.327. The number of hydrogen-bond donors (Lipinski definition) is 3. The molecular weight excluding hydrogens is 268 g/mol. The van der Waals surface area contributed by atoms with Gasteiger partial charge in [0.1, 0.15) is 5.52 Å². The number of rotatable bonds is 3. The van der Waals surface area contributed by atoms with Gasteiger partial charge >= 0.3 is 6.03 Å². The quantitative estimate of drug-likeness (QED) is 0.571. The highest BCUT2D eigenvalue weighted by Gasteiger charge is 2.19. The van der Waals surface area contributed by atoms with Gasteiger partial charge in [-0.3, -0.25) is 10.1 Å². The average Bonchev–Trinajstić information content (AvgIpc) is 2.69. The SMILES string of the molecule is CC(Sc1nc2cc(N)ccc2o1)C(=O)NC(N)=O. The van der Waals surface area contributed by atoms with E-state index in [9.17, 15) is 9.59 Å². The molecule has 1 unspecified atom stereocenters. The predicted molar refractivity (Wildman–Crippen MR) is 71.5 cm³/mol. The van der Waals surface area contributed by atoms with Crippen LogP contribution in [-0.2, 0) is 4.79 Å². The monoisotopic (exact) mass is 280 g/mol. The third-order valence-corrected chi connectivity index (χ3v) is 3.23.